The molecule has 0 radical (unpaired) electrons. The van der Waals surface area contributed by atoms with Crippen LogP contribution in [0.4, 0.5) is 0 Å². The van der Waals surface area contributed by atoms with E-state index in [1.807, 2.05) is 11.8 Å². The first-order chi connectivity index (χ1) is 15.7. The number of aliphatic carboxylic acids is 1. The minimum Gasteiger partial charge on any atom is -0.481 e. The van der Waals surface area contributed by atoms with Crippen LogP contribution in [0.3, 0.4) is 0 Å². The van der Waals surface area contributed by atoms with Gasteiger partial charge in [0.05, 0.1) is 5.92 Å². The summed E-state index contributed by atoms with van der Waals surface area (Å²) in [6.45, 7) is 5.96. The Bertz CT molecular complexity index is 970. The highest BCUT2D eigenvalue weighted by atomic mass is 35.5. The van der Waals surface area contributed by atoms with Gasteiger partial charge in [0, 0.05) is 43.4 Å². The van der Waals surface area contributed by atoms with E-state index in [4.69, 9.17) is 0 Å². The molecule has 0 spiro atoms. The summed E-state index contributed by atoms with van der Waals surface area (Å²) in [5.74, 6) is 0.212. The van der Waals surface area contributed by atoms with Crippen LogP contribution in [0.25, 0.3) is 5.57 Å². The number of fused-ring (bicyclic) bond motifs is 2. The van der Waals surface area contributed by atoms with Gasteiger partial charge in [0.25, 0.3) is 0 Å². The second-order valence-corrected chi connectivity index (χ2v) is 10.3. The molecule has 0 unspecified atom stereocenters. The number of hydrogen-bond acceptors (Lipinski definition) is 4. The van der Waals surface area contributed by atoms with Crippen molar-refractivity contribution >= 4 is 48.1 Å². The molecule has 0 bridgehead atoms. The third-order valence-electron chi connectivity index (χ3n) is 7.23. The van der Waals surface area contributed by atoms with Gasteiger partial charge in [-0.05, 0) is 60.6 Å². The van der Waals surface area contributed by atoms with Gasteiger partial charge < -0.3 is 14.9 Å². The molecule has 7 heteroatoms. The molecule has 0 saturated carbocycles. The quantitative estimate of drug-likeness (QED) is 0.549. The second kappa shape index (κ2) is 12.5. The zero-order chi connectivity index (χ0) is 21.9. The number of rotatable bonds is 4. The lowest BCUT2D eigenvalue weighted by Gasteiger charge is -2.35. The molecule has 2 fully saturated rings. The average Bonchev–Trinajstić information content (AvgIpc) is 3.00. The molecule has 34 heavy (non-hydrogen) atoms. The Morgan fingerprint density at radius 1 is 0.912 bits per heavy atom. The molecule has 4 nitrogen and oxygen atoms in total. The summed E-state index contributed by atoms with van der Waals surface area (Å²) >= 11 is 1.95. The van der Waals surface area contributed by atoms with Gasteiger partial charge in [-0.2, -0.15) is 0 Å². The number of halogens is 2. The van der Waals surface area contributed by atoms with Crippen molar-refractivity contribution in [2.75, 3.05) is 39.3 Å². The third-order valence-corrected chi connectivity index (χ3v) is 8.35. The van der Waals surface area contributed by atoms with Crippen LogP contribution in [0.1, 0.15) is 42.4 Å². The number of carbonyl (C=O) groups is 1. The van der Waals surface area contributed by atoms with E-state index in [1.54, 1.807) is 5.57 Å². The molecule has 184 valence electrons. The molecule has 0 amide bonds. The minimum absolute atomic E-state index is 0. The van der Waals surface area contributed by atoms with Crippen LogP contribution in [-0.2, 0) is 10.5 Å². The lowest BCUT2D eigenvalue weighted by Crippen LogP contribution is -2.43. The molecule has 3 aliphatic heterocycles. The van der Waals surface area contributed by atoms with Crippen LogP contribution in [0, 0.1) is 5.92 Å². The predicted molar refractivity (Wildman–Crippen MR) is 145 cm³/mol. The maximum absolute atomic E-state index is 11.3. The molecule has 0 aromatic heterocycles. The monoisotopic (exact) mass is 520 g/mol. The van der Waals surface area contributed by atoms with E-state index in [9.17, 15) is 9.90 Å². The van der Waals surface area contributed by atoms with Crippen LogP contribution < -0.4 is 0 Å². The molecule has 1 N–H and O–H groups in total. The van der Waals surface area contributed by atoms with Gasteiger partial charge in [-0.15, -0.1) is 36.6 Å². The number of nitrogens with zero attached hydrogens (tertiary/aromatic N) is 2. The van der Waals surface area contributed by atoms with Gasteiger partial charge in [-0.25, -0.2) is 0 Å². The molecule has 2 aromatic carbocycles. The molecule has 3 heterocycles. The van der Waals surface area contributed by atoms with E-state index in [0.717, 1.165) is 64.2 Å². The highest BCUT2D eigenvalue weighted by Crippen LogP contribution is 2.43. The van der Waals surface area contributed by atoms with E-state index < -0.39 is 5.97 Å². The van der Waals surface area contributed by atoms with E-state index in [2.05, 4.69) is 58.3 Å². The lowest BCUT2D eigenvalue weighted by molar-refractivity contribution is -0.143. The van der Waals surface area contributed by atoms with E-state index >= 15 is 0 Å². The number of piperidine rings is 2. The molecule has 2 saturated heterocycles. The minimum atomic E-state index is -0.633. The van der Waals surface area contributed by atoms with Gasteiger partial charge in [0.2, 0.25) is 0 Å². The van der Waals surface area contributed by atoms with Crippen molar-refractivity contribution in [1.82, 2.24) is 9.80 Å². The number of thioether (sulfide) groups is 1. The van der Waals surface area contributed by atoms with Crippen LogP contribution in [0.2, 0.25) is 0 Å². The Hall–Kier alpha value is -1.50. The van der Waals surface area contributed by atoms with Crippen LogP contribution in [0.15, 0.2) is 59.0 Å². The Kier molecular flexibility index (Phi) is 9.93. The van der Waals surface area contributed by atoms with Crippen molar-refractivity contribution in [1.29, 1.82) is 0 Å². The average molecular weight is 522 g/mol. The number of carboxylic acid groups (broad SMARTS) is 1. The van der Waals surface area contributed by atoms with Crippen molar-refractivity contribution < 1.29 is 9.90 Å². The number of hydrogen-bond donors (Lipinski definition) is 1. The standard InChI is InChI=1S/C27H32N2O2S.2ClH/c30-27(31)21-7-5-13-29(18-21)17-16-28-14-11-20(12-15-28)26-23-8-2-1-6-22(23)19-32-25-10-4-3-9-24(25)26;;/h1-4,6,8-10,21H,5,7,11-19H2,(H,30,31);2*1H/t21-;;/m1../s1. The van der Waals surface area contributed by atoms with Crippen LogP contribution in [0.5, 0.6) is 0 Å². The summed E-state index contributed by atoms with van der Waals surface area (Å²) in [6, 6.07) is 17.8. The van der Waals surface area contributed by atoms with Crippen molar-refractivity contribution in [3.05, 3.63) is 70.8 Å². The SMILES string of the molecule is Cl.Cl.O=C(O)[C@@H]1CCCN(CCN2CCC(=C3c4ccccc4CSc4ccccc43)CC2)C1. The highest BCUT2D eigenvalue weighted by molar-refractivity contribution is 7.98. The fourth-order valence-electron chi connectivity index (χ4n) is 5.41. The predicted octanol–water partition coefficient (Wildman–Crippen LogP) is 5.83. The van der Waals surface area contributed by atoms with Crippen molar-refractivity contribution in [2.24, 2.45) is 5.92 Å². The smallest absolute Gasteiger partial charge is 0.307 e. The molecule has 1 atom stereocenters. The Morgan fingerprint density at radius 3 is 2.35 bits per heavy atom. The molecule has 5 rings (SSSR count). The summed E-state index contributed by atoms with van der Waals surface area (Å²) in [5.41, 5.74) is 7.32. The number of likely N-dealkylation sites (tertiary alicyclic amines) is 2. The van der Waals surface area contributed by atoms with Gasteiger partial charge >= 0.3 is 5.97 Å². The molecular formula is C27H34Cl2N2O2S. The highest BCUT2D eigenvalue weighted by Gasteiger charge is 2.27. The summed E-state index contributed by atoms with van der Waals surface area (Å²) in [4.78, 5) is 17.7. The zero-order valence-corrected chi connectivity index (χ0v) is 21.9. The Balaban J connectivity index is 0.00000162. The summed E-state index contributed by atoms with van der Waals surface area (Å²) in [6.07, 6.45) is 4.05. The summed E-state index contributed by atoms with van der Waals surface area (Å²) in [5, 5.41) is 9.34. The third kappa shape index (κ3) is 6.00. The van der Waals surface area contributed by atoms with Crippen LogP contribution in [-0.4, -0.2) is 60.1 Å². The van der Waals surface area contributed by atoms with Gasteiger partial charge in [-0.1, -0.05) is 48.0 Å². The van der Waals surface area contributed by atoms with Crippen LogP contribution >= 0.6 is 36.6 Å². The lowest BCUT2D eigenvalue weighted by atomic mass is 9.86. The molecule has 0 aliphatic carbocycles. The first-order valence-corrected chi connectivity index (χ1v) is 12.9. The fourth-order valence-corrected chi connectivity index (χ4v) is 6.47. The maximum atomic E-state index is 11.3. The van der Waals surface area contributed by atoms with Gasteiger partial charge in [0.15, 0.2) is 0 Å². The van der Waals surface area contributed by atoms with Crippen molar-refractivity contribution in [3.8, 4) is 0 Å². The summed E-state index contributed by atoms with van der Waals surface area (Å²) < 4.78 is 0. The molecular weight excluding hydrogens is 487 g/mol. The fraction of sp³-hybridized carbons (Fsp3) is 0.444. The first kappa shape index (κ1) is 27.1. The topological polar surface area (TPSA) is 43.8 Å². The van der Waals surface area contributed by atoms with E-state index in [0.29, 0.717) is 6.54 Å². The molecule has 2 aromatic rings. The Labute approximate surface area is 219 Å². The summed E-state index contributed by atoms with van der Waals surface area (Å²) in [7, 11) is 0. The van der Waals surface area contributed by atoms with E-state index in [1.165, 1.54) is 27.2 Å². The largest absolute Gasteiger partial charge is 0.481 e. The van der Waals surface area contributed by atoms with Gasteiger partial charge in [0.1, 0.15) is 0 Å². The van der Waals surface area contributed by atoms with Crippen molar-refractivity contribution in [3.63, 3.8) is 0 Å². The normalized spacial score (nSPS) is 20.9. The number of carboxylic acids is 1. The zero-order valence-electron chi connectivity index (χ0n) is 19.4. The second-order valence-electron chi connectivity index (χ2n) is 9.24. The first-order valence-electron chi connectivity index (χ1n) is 11.9. The molecule has 3 aliphatic rings. The van der Waals surface area contributed by atoms with E-state index in [-0.39, 0.29) is 30.7 Å². The Morgan fingerprint density at radius 2 is 1.59 bits per heavy atom. The maximum Gasteiger partial charge on any atom is 0.307 e. The number of benzene rings is 2. The van der Waals surface area contributed by atoms with Crippen molar-refractivity contribution in [2.45, 2.75) is 36.3 Å². The van der Waals surface area contributed by atoms with Gasteiger partial charge in [-0.3, -0.25) is 4.79 Å².